The minimum absolute atomic E-state index is 0.193. The first kappa shape index (κ1) is 10.2. The molecule has 0 unspecified atom stereocenters. The van der Waals surface area contributed by atoms with Crippen molar-refractivity contribution < 1.29 is 10.1 Å². The molecule has 0 aromatic heterocycles. The highest BCUT2D eigenvalue weighted by Gasteiger charge is 2.12. The van der Waals surface area contributed by atoms with Crippen molar-refractivity contribution in [1.82, 2.24) is 0 Å². The number of hydrogen-bond acceptors (Lipinski definition) is 2. The van der Waals surface area contributed by atoms with Crippen molar-refractivity contribution in [2.45, 2.75) is 26.4 Å². The van der Waals surface area contributed by atoms with Crippen LogP contribution in [-0.2, 0) is 4.89 Å². The molecule has 2 nitrogen and oxygen atoms in total. The van der Waals surface area contributed by atoms with Gasteiger partial charge in [0.1, 0.15) is 6.10 Å². The minimum atomic E-state index is -0.193. The summed E-state index contributed by atoms with van der Waals surface area (Å²) >= 11 is 0. The van der Waals surface area contributed by atoms with Gasteiger partial charge in [0.05, 0.1) is 0 Å². The minimum Gasteiger partial charge on any atom is -0.251 e. The predicted molar refractivity (Wildman–Crippen MR) is 52.4 cm³/mol. The highest BCUT2D eigenvalue weighted by Crippen LogP contribution is 2.23. The van der Waals surface area contributed by atoms with Crippen molar-refractivity contribution in [2.75, 3.05) is 0 Å². The molecule has 0 aliphatic rings. The molecule has 0 aliphatic carbocycles. The van der Waals surface area contributed by atoms with Crippen LogP contribution in [0.2, 0.25) is 0 Å². The molecule has 1 aromatic carbocycles. The maximum absolute atomic E-state index is 8.73. The molecule has 0 spiro atoms. The van der Waals surface area contributed by atoms with Crippen LogP contribution in [0.3, 0.4) is 0 Å². The smallest absolute Gasteiger partial charge is 0.118 e. The molecule has 1 rings (SSSR count). The van der Waals surface area contributed by atoms with Gasteiger partial charge in [0.15, 0.2) is 0 Å². The van der Waals surface area contributed by atoms with Crippen molar-refractivity contribution in [3.05, 3.63) is 35.9 Å². The van der Waals surface area contributed by atoms with E-state index in [2.05, 4.69) is 18.7 Å². The van der Waals surface area contributed by atoms with Crippen LogP contribution in [0.25, 0.3) is 0 Å². The van der Waals surface area contributed by atoms with Gasteiger partial charge in [-0.1, -0.05) is 44.2 Å². The highest BCUT2D eigenvalue weighted by molar-refractivity contribution is 5.17. The first-order chi connectivity index (χ1) is 6.24. The molecule has 0 saturated carbocycles. The molecule has 0 aliphatic heterocycles. The predicted octanol–water partition coefficient (Wildman–Crippen LogP) is 3.26. The van der Waals surface area contributed by atoms with E-state index < -0.39 is 0 Å². The van der Waals surface area contributed by atoms with Crippen LogP contribution in [0, 0.1) is 5.92 Å². The average Bonchev–Trinajstić information content (AvgIpc) is 2.15. The van der Waals surface area contributed by atoms with Gasteiger partial charge in [-0.2, -0.15) is 0 Å². The molecule has 0 amide bonds. The van der Waals surface area contributed by atoms with E-state index in [1.54, 1.807) is 0 Å². The lowest BCUT2D eigenvalue weighted by molar-refractivity contribution is -0.284. The molecule has 0 radical (unpaired) electrons. The van der Waals surface area contributed by atoms with Crippen LogP contribution in [0.15, 0.2) is 30.3 Å². The second kappa shape index (κ2) is 5.00. The quantitative estimate of drug-likeness (QED) is 0.569. The Balaban J connectivity index is 2.67. The molecular weight excluding hydrogens is 164 g/mol. The van der Waals surface area contributed by atoms with E-state index in [9.17, 15) is 0 Å². The Labute approximate surface area is 79.1 Å². The van der Waals surface area contributed by atoms with Crippen LogP contribution >= 0.6 is 0 Å². The van der Waals surface area contributed by atoms with Crippen LogP contribution in [0.4, 0.5) is 0 Å². The summed E-state index contributed by atoms with van der Waals surface area (Å²) in [6.45, 7) is 4.21. The van der Waals surface area contributed by atoms with Gasteiger partial charge < -0.3 is 0 Å². The lowest BCUT2D eigenvalue weighted by Gasteiger charge is -2.15. The highest BCUT2D eigenvalue weighted by atomic mass is 17.1. The summed E-state index contributed by atoms with van der Waals surface area (Å²) in [5.41, 5.74) is 1.03. The van der Waals surface area contributed by atoms with E-state index in [1.165, 1.54) is 0 Å². The molecule has 72 valence electrons. The number of hydrogen-bond donors (Lipinski definition) is 1. The monoisotopic (exact) mass is 180 g/mol. The normalized spacial score (nSPS) is 13.2. The maximum atomic E-state index is 8.73. The van der Waals surface area contributed by atoms with Crippen molar-refractivity contribution in [2.24, 2.45) is 5.92 Å². The van der Waals surface area contributed by atoms with Gasteiger partial charge in [-0.25, -0.2) is 4.89 Å². The van der Waals surface area contributed by atoms with Crippen molar-refractivity contribution >= 4 is 0 Å². The molecule has 1 atom stereocenters. The second-order valence-corrected chi connectivity index (χ2v) is 3.63. The fraction of sp³-hybridized carbons (Fsp3) is 0.455. The Morgan fingerprint density at radius 1 is 1.23 bits per heavy atom. The third-order valence-corrected chi connectivity index (χ3v) is 1.98. The number of rotatable bonds is 4. The van der Waals surface area contributed by atoms with Gasteiger partial charge >= 0.3 is 0 Å². The molecule has 13 heavy (non-hydrogen) atoms. The standard InChI is InChI=1S/C11H16O2/c1-9(2)8-11(13-12)10-6-4-3-5-7-10/h3-7,9,11-12H,8H2,1-2H3/t11-/m1/s1. The van der Waals surface area contributed by atoms with Crippen LogP contribution in [0.1, 0.15) is 31.9 Å². The van der Waals surface area contributed by atoms with Gasteiger partial charge in [-0.3, -0.25) is 5.26 Å². The van der Waals surface area contributed by atoms with E-state index in [1.807, 2.05) is 30.3 Å². The van der Waals surface area contributed by atoms with Gasteiger partial charge in [-0.05, 0) is 17.9 Å². The summed E-state index contributed by atoms with van der Waals surface area (Å²) in [7, 11) is 0. The van der Waals surface area contributed by atoms with E-state index in [4.69, 9.17) is 5.26 Å². The molecule has 0 bridgehead atoms. The first-order valence-electron chi connectivity index (χ1n) is 4.59. The Kier molecular flexibility index (Phi) is 3.93. The summed E-state index contributed by atoms with van der Waals surface area (Å²) in [5, 5.41) is 8.73. The van der Waals surface area contributed by atoms with Crippen molar-refractivity contribution in [3.63, 3.8) is 0 Å². The third-order valence-electron chi connectivity index (χ3n) is 1.98. The van der Waals surface area contributed by atoms with Gasteiger partial charge in [-0.15, -0.1) is 0 Å². The maximum Gasteiger partial charge on any atom is 0.118 e. The zero-order chi connectivity index (χ0) is 9.68. The van der Waals surface area contributed by atoms with Crippen LogP contribution in [-0.4, -0.2) is 5.26 Å². The van der Waals surface area contributed by atoms with E-state index in [0.29, 0.717) is 5.92 Å². The fourth-order valence-electron chi connectivity index (χ4n) is 1.34. The topological polar surface area (TPSA) is 29.5 Å². The summed E-state index contributed by atoms with van der Waals surface area (Å²) in [4.78, 5) is 4.45. The Morgan fingerprint density at radius 3 is 2.31 bits per heavy atom. The lowest BCUT2D eigenvalue weighted by atomic mass is 10.00. The summed E-state index contributed by atoms with van der Waals surface area (Å²) in [6, 6.07) is 9.77. The molecule has 0 saturated heterocycles. The Hall–Kier alpha value is -0.860. The Bertz CT molecular complexity index is 231. The molecule has 1 N–H and O–H groups in total. The van der Waals surface area contributed by atoms with Crippen LogP contribution in [0.5, 0.6) is 0 Å². The third kappa shape index (κ3) is 3.17. The van der Waals surface area contributed by atoms with E-state index in [-0.39, 0.29) is 6.10 Å². The molecule has 1 aromatic rings. The molecule has 0 heterocycles. The zero-order valence-corrected chi connectivity index (χ0v) is 8.10. The zero-order valence-electron chi connectivity index (χ0n) is 8.10. The fourth-order valence-corrected chi connectivity index (χ4v) is 1.34. The first-order valence-corrected chi connectivity index (χ1v) is 4.59. The lowest BCUT2D eigenvalue weighted by Crippen LogP contribution is -2.05. The van der Waals surface area contributed by atoms with Gasteiger partial charge in [0.25, 0.3) is 0 Å². The number of benzene rings is 1. The van der Waals surface area contributed by atoms with Crippen molar-refractivity contribution in [1.29, 1.82) is 0 Å². The molecule has 0 fully saturated rings. The largest absolute Gasteiger partial charge is 0.251 e. The van der Waals surface area contributed by atoms with Crippen molar-refractivity contribution in [3.8, 4) is 0 Å². The summed E-state index contributed by atoms with van der Waals surface area (Å²) in [5.74, 6) is 0.511. The van der Waals surface area contributed by atoms with Crippen LogP contribution < -0.4 is 0 Å². The van der Waals surface area contributed by atoms with E-state index in [0.717, 1.165) is 12.0 Å². The summed E-state index contributed by atoms with van der Waals surface area (Å²) in [6.07, 6.45) is 0.641. The second-order valence-electron chi connectivity index (χ2n) is 3.63. The van der Waals surface area contributed by atoms with Gasteiger partial charge in [0.2, 0.25) is 0 Å². The summed E-state index contributed by atoms with van der Waals surface area (Å²) < 4.78 is 0. The average molecular weight is 180 g/mol. The SMILES string of the molecule is CC(C)C[C@@H](OO)c1ccccc1. The Morgan fingerprint density at radius 2 is 1.85 bits per heavy atom. The molecular formula is C11H16O2. The van der Waals surface area contributed by atoms with E-state index >= 15 is 0 Å². The van der Waals surface area contributed by atoms with Gasteiger partial charge in [0, 0.05) is 0 Å². The molecule has 2 heteroatoms.